The van der Waals surface area contributed by atoms with Crippen LogP contribution in [0.2, 0.25) is 0 Å². The number of rotatable bonds is 8. The van der Waals surface area contributed by atoms with Gasteiger partial charge >= 0.3 is 6.18 Å². The largest absolute Gasteiger partial charge is 0.416 e. The maximum Gasteiger partial charge on any atom is 0.416 e. The quantitative estimate of drug-likeness (QED) is 0.172. The van der Waals surface area contributed by atoms with Crippen LogP contribution in [0.4, 0.5) is 13.2 Å². The Hall–Kier alpha value is -3.66. The van der Waals surface area contributed by atoms with Gasteiger partial charge in [-0.25, -0.2) is 0 Å². The van der Waals surface area contributed by atoms with Gasteiger partial charge in [0.25, 0.3) is 0 Å². The van der Waals surface area contributed by atoms with E-state index in [1.54, 1.807) is 6.07 Å². The van der Waals surface area contributed by atoms with Crippen LogP contribution in [0.3, 0.4) is 0 Å². The van der Waals surface area contributed by atoms with Gasteiger partial charge in [0.15, 0.2) is 0 Å². The minimum Gasteiger partial charge on any atom is -0.395 e. The van der Waals surface area contributed by atoms with E-state index in [-0.39, 0.29) is 12.0 Å². The van der Waals surface area contributed by atoms with Crippen molar-refractivity contribution >= 4 is 22.9 Å². The molecule has 7 rings (SSSR count). The number of aliphatic hydroxyl groups excluding tert-OH is 1. The minimum absolute atomic E-state index is 0.0616. The van der Waals surface area contributed by atoms with E-state index in [1.165, 1.54) is 51.7 Å². The Morgan fingerprint density at radius 2 is 1.21 bits per heavy atom. The van der Waals surface area contributed by atoms with Crippen molar-refractivity contribution < 1.29 is 18.3 Å². The van der Waals surface area contributed by atoms with E-state index in [2.05, 4.69) is 103 Å². The second-order valence-electron chi connectivity index (χ2n) is 14.5. The number of piperazine rings is 1. The average Bonchev–Trinajstić information content (AvgIpc) is 3.13. The molecule has 4 aromatic carbocycles. The third-order valence-electron chi connectivity index (χ3n) is 10.4. The summed E-state index contributed by atoms with van der Waals surface area (Å²) in [5.41, 5.74) is 9.07. The van der Waals surface area contributed by atoms with Gasteiger partial charge in [0.2, 0.25) is 0 Å². The molecular formula is C44H50F3N3OS. The van der Waals surface area contributed by atoms with Gasteiger partial charge in [0.1, 0.15) is 0 Å². The summed E-state index contributed by atoms with van der Waals surface area (Å²) in [5.74, 6) is 0. The molecule has 0 saturated carbocycles. The molecule has 1 fully saturated rings. The number of β-amino-alcohol motifs (C(OH)–C–C–N with tert-alkyl or cyclic N) is 1. The molecule has 274 valence electrons. The second-order valence-corrected chi connectivity index (χ2v) is 15.6. The predicted octanol–water partition coefficient (Wildman–Crippen LogP) is 9.31. The van der Waals surface area contributed by atoms with Gasteiger partial charge in [-0.3, -0.25) is 4.90 Å². The minimum atomic E-state index is -4.35. The average molecular weight is 726 g/mol. The predicted molar refractivity (Wildman–Crippen MR) is 209 cm³/mol. The Morgan fingerprint density at radius 3 is 1.81 bits per heavy atom. The summed E-state index contributed by atoms with van der Waals surface area (Å²) < 4.78 is 39.9. The summed E-state index contributed by atoms with van der Waals surface area (Å²) in [4.78, 5) is 8.81. The molecule has 1 aliphatic carbocycles. The lowest BCUT2D eigenvalue weighted by Crippen LogP contribution is -2.47. The highest BCUT2D eigenvalue weighted by Gasteiger charge is 2.34. The Kier molecular flexibility index (Phi) is 12.1. The Bertz CT molecular complexity index is 1860. The van der Waals surface area contributed by atoms with Crippen LogP contribution in [0.25, 0.3) is 11.1 Å². The molecule has 0 atom stereocenters. The SMILES string of the molecule is CN(C)CCC=C1c2ccccc2C(C)(C)c2ccccc21.OCCN1CCN(CC/C=C2\c3ccccc3Sc3ccc(C(F)(F)F)cc32)CC1. The molecule has 0 bridgehead atoms. The molecule has 2 aliphatic heterocycles. The van der Waals surface area contributed by atoms with Gasteiger partial charge in [-0.2, -0.15) is 13.2 Å². The number of hydrogen-bond donors (Lipinski definition) is 1. The third-order valence-corrected chi connectivity index (χ3v) is 11.5. The van der Waals surface area contributed by atoms with E-state index in [4.69, 9.17) is 5.11 Å². The van der Waals surface area contributed by atoms with Gasteiger partial charge in [-0.1, -0.05) is 104 Å². The lowest BCUT2D eigenvalue weighted by molar-refractivity contribution is -0.137. The topological polar surface area (TPSA) is 30.0 Å². The number of aliphatic hydroxyl groups is 1. The molecule has 0 unspecified atom stereocenters. The number of benzene rings is 4. The zero-order chi connectivity index (χ0) is 36.9. The number of fused-ring (bicyclic) bond motifs is 4. The van der Waals surface area contributed by atoms with E-state index >= 15 is 0 Å². The maximum absolute atomic E-state index is 13.3. The molecular weight excluding hydrogens is 676 g/mol. The van der Waals surface area contributed by atoms with Crippen molar-refractivity contribution in [3.8, 4) is 0 Å². The summed E-state index contributed by atoms with van der Waals surface area (Å²) in [7, 11) is 4.26. The smallest absolute Gasteiger partial charge is 0.395 e. The van der Waals surface area contributed by atoms with Gasteiger partial charge in [-0.15, -0.1) is 0 Å². The first-order valence-corrected chi connectivity index (χ1v) is 19.1. The summed E-state index contributed by atoms with van der Waals surface area (Å²) in [6, 6.07) is 29.7. The molecule has 4 aromatic rings. The Balaban J connectivity index is 0.000000187. The number of alkyl halides is 3. The molecule has 0 spiro atoms. The van der Waals surface area contributed by atoms with Gasteiger partial charge < -0.3 is 14.9 Å². The molecule has 1 saturated heterocycles. The third kappa shape index (κ3) is 8.58. The van der Waals surface area contributed by atoms with Crippen molar-refractivity contribution in [2.45, 2.75) is 48.1 Å². The van der Waals surface area contributed by atoms with Crippen LogP contribution in [-0.2, 0) is 11.6 Å². The number of hydrogen-bond acceptors (Lipinski definition) is 5. The highest BCUT2D eigenvalue weighted by molar-refractivity contribution is 7.99. The summed E-state index contributed by atoms with van der Waals surface area (Å²) in [6.45, 7) is 11.3. The van der Waals surface area contributed by atoms with E-state index in [1.807, 2.05) is 24.3 Å². The zero-order valence-electron chi connectivity index (χ0n) is 30.7. The molecule has 2 heterocycles. The van der Waals surface area contributed by atoms with E-state index < -0.39 is 11.7 Å². The fourth-order valence-electron chi connectivity index (χ4n) is 7.54. The lowest BCUT2D eigenvalue weighted by atomic mass is 9.67. The standard InChI is InChI=1S/C23H25F3N2OS.C21H25N/c24-23(25,26)17-7-8-22-20(16-17)18(19-4-1-2-6-21(19)30-22)5-3-9-27-10-12-28(13-11-27)14-15-29;1-21(2)19-13-7-5-10-17(19)16(12-9-15-22(3)4)18-11-6-8-14-20(18)21/h1-2,4-8,16,29H,3,9-15H2;5-8,10-14H,9,15H2,1-4H3/b18-5+;. The molecule has 3 aliphatic rings. The van der Waals surface area contributed by atoms with Crippen LogP contribution < -0.4 is 0 Å². The first kappa shape index (κ1) is 38.1. The van der Waals surface area contributed by atoms with Crippen LogP contribution in [0.5, 0.6) is 0 Å². The van der Waals surface area contributed by atoms with Gasteiger partial charge in [0, 0.05) is 61.0 Å². The fraction of sp³-hybridized carbons (Fsp3) is 0.364. The van der Waals surface area contributed by atoms with Gasteiger partial charge in [-0.05, 0) is 95.7 Å². The van der Waals surface area contributed by atoms with Crippen molar-refractivity contribution in [3.63, 3.8) is 0 Å². The molecule has 0 amide bonds. The van der Waals surface area contributed by atoms with Crippen LogP contribution >= 0.6 is 11.8 Å². The van der Waals surface area contributed by atoms with Crippen LogP contribution in [0, 0.1) is 0 Å². The van der Waals surface area contributed by atoms with Crippen molar-refractivity contribution in [3.05, 3.63) is 142 Å². The van der Waals surface area contributed by atoms with E-state index in [0.29, 0.717) is 12.1 Å². The molecule has 0 aromatic heterocycles. The first-order valence-electron chi connectivity index (χ1n) is 18.3. The van der Waals surface area contributed by atoms with Crippen LogP contribution in [0.1, 0.15) is 65.6 Å². The first-order chi connectivity index (χ1) is 25.0. The molecule has 8 heteroatoms. The van der Waals surface area contributed by atoms with Crippen molar-refractivity contribution in [2.24, 2.45) is 0 Å². The Labute approximate surface area is 311 Å². The fourth-order valence-corrected chi connectivity index (χ4v) is 8.63. The monoisotopic (exact) mass is 725 g/mol. The molecule has 0 radical (unpaired) electrons. The summed E-state index contributed by atoms with van der Waals surface area (Å²) in [6.07, 6.45) is 2.01. The second kappa shape index (κ2) is 16.6. The molecule has 1 N–H and O–H groups in total. The summed E-state index contributed by atoms with van der Waals surface area (Å²) >= 11 is 1.53. The van der Waals surface area contributed by atoms with Crippen molar-refractivity contribution in [1.29, 1.82) is 0 Å². The summed E-state index contributed by atoms with van der Waals surface area (Å²) in [5, 5.41) is 9.06. The molecule has 52 heavy (non-hydrogen) atoms. The van der Waals surface area contributed by atoms with Gasteiger partial charge in [0.05, 0.1) is 12.2 Å². The highest BCUT2D eigenvalue weighted by Crippen LogP contribution is 2.48. The Morgan fingerprint density at radius 1 is 0.692 bits per heavy atom. The normalized spacial score (nSPS) is 17.5. The lowest BCUT2D eigenvalue weighted by Gasteiger charge is -2.36. The van der Waals surface area contributed by atoms with Crippen molar-refractivity contribution in [2.75, 3.05) is 66.5 Å². The number of halogens is 3. The van der Waals surface area contributed by atoms with Crippen LogP contribution in [0.15, 0.2) is 113 Å². The van der Waals surface area contributed by atoms with E-state index in [9.17, 15) is 13.2 Å². The molecule has 4 nitrogen and oxygen atoms in total. The van der Waals surface area contributed by atoms with Crippen LogP contribution in [-0.4, -0.2) is 86.3 Å². The zero-order valence-corrected chi connectivity index (χ0v) is 31.5. The number of nitrogens with zero attached hydrogens (tertiary/aromatic N) is 3. The van der Waals surface area contributed by atoms with E-state index in [0.717, 1.165) is 73.0 Å². The van der Waals surface area contributed by atoms with Crippen molar-refractivity contribution in [1.82, 2.24) is 14.7 Å². The maximum atomic E-state index is 13.3. The highest BCUT2D eigenvalue weighted by atomic mass is 32.2.